The highest BCUT2D eigenvalue weighted by atomic mass is 32.1. The molecule has 1 aromatic heterocycles. The van der Waals surface area contributed by atoms with Gasteiger partial charge in [-0.3, -0.25) is 4.79 Å². The molecule has 0 bridgehead atoms. The lowest BCUT2D eigenvalue weighted by atomic mass is 10.2. The molecule has 21 heavy (non-hydrogen) atoms. The van der Waals surface area contributed by atoms with Crippen molar-refractivity contribution in [3.05, 3.63) is 45.6 Å². The van der Waals surface area contributed by atoms with Gasteiger partial charge < -0.3 is 15.2 Å². The van der Waals surface area contributed by atoms with Gasteiger partial charge in [0.25, 0.3) is 5.91 Å². The molecule has 0 aliphatic heterocycles. The van der Waals surface area contributed by atoms with Crippen molar-refractivity contribution in [2.24, 2.45) is 0 Å². The first-order valence-corrected chi connectivity index (χ1v) is 7.26. The zero-order chi connectivity index (χ0) is 15.4. The minimum absolute atomic E-state index is 0.131. The third kappa shape index (κ3) is 3.41. The van der Waals surface area contributed by atoms with Crippen LogP contribution in [0.3, 0.4) is 0 Å². The standard InChI is InChI=1S/C15H15NO4S/c1-3-20-11-6-4-10(5-7-11)14(17)16-12-9(2)8-21-13(12)15(18)19/h4-8H,3H2,1-2H3,(H,16,17)(H,18,19). The van der Waals surface area contributed by atoms with E-state index in [0.29, 0.717) is 23.6 Å². The van der Waals surface area contributed by atoms with E-state index in [0.717, 1.165) is 16.9 Å². The molecule has 1 amide bonds. The van der Waals surface area contributed by atoms with Crippen molar-refractivity contribution in [1.29, 1.82) is 0 Å². The van der Waals surface area contributed by atoms with Crippen molar-refractivity contribution in [2.75, 3.05) is 11.9 Å². The zero-order valence-electron chi connectivity index (χ0n) is 11.7. The van der Waals surface area contributed by atoms with Gasteiger partial charge in [0.2, 0.25) is 0 Å². The van der Waals surface area contributed by atoms with Gasteiger partial charge in [0.05, 0.1) is 12.3 Å². The van der Waals surface area contributed by atoms with Gasteiger partial charge in [0.15, 0.2) is 0 Å². The molecule has 5 nitrogen and oxygen atoms in total. The van der Waals surface area contributed by atoms with E-state index in [1.54, 1.807) is 36.6 Å². The molecule has 0 aliphatic carbocycles. The van der Waals surface area contributed by atoms with Crippen molar-refractivity contribution >= 4 is 28.9 Å². The molecule has 2 N–H and O–H groups in total. The first-order chi connectivity index (χ1) is 10.0. The lowest BCUT2D eigenvalue weighted by molar-refractivity contribution is 0.0703. The van der Waals surface area contributed by atoms with Crippen LogP contribution in [0.15, 0.2) is 29.6 Å². The van der Waals surface area contributed by atoms with Crippen LogP contribution in [0.5, 0.6) is 5.75 Å². The number of hydrogen-bond acceptors (Lipinski definition) is 4. The lowest BCUT2D eigenvalue weighted by Gasteiger charge is -2.07. The summed E-state index contributed by atoms with van der Waals surface area (Å²) in [4.78, 5) is 23.4. The number of carbonyl (C=O) groups is 2. The number of carboxylic acid groups (broad SMARTS) is 1. The highest BCUT2D eigenvalue weighted by molar-refractivity contribution is 7.12. The highest BCUT2D eigenvalue weighted by Gasteiger charge is 2.17. The molecule has 0 unspecified atom stereocenters. The number of aryl methyl sites for hydroxylation is 1. The minimum Gasteiger partial charge on any atom is -0.494 e. The van der Waals surface area contributed by atoms with E-state index in [9.17, 15) is 9.59 Å². The van der Waals surface area contributed by atoms with Crippen molar-refractivity contribution < 1.29 is 19.4 Å². The summed E-state index contributed by atoms with van der Waals surface area (Å²) in [7, 11) is 0. The number of nitrogens with one attached hydrogen (secondary N) is 1. The molecule has 0 atom stereocenters. The molecule has 0 saturated heterocycles. The number of carboxylic acids is 1. The average molecular weight is 305 g/mol. The Morgan fingerprint density at radius 2 is 1.95 bits per heavy atom. The fraction of sp³-hybridized carbons (Fsp3) is 0.200. The summed E-state index contributed by atoms with van der Waals surface area (Å²) in [5.41, 5.74) is 1.53. The Balaban J connectivity index is 2.18. The second-order valence-electron chi connectivity index (χ2n) is 4.34. The van der Waals surface area contributed by atoms with Crippen LogP contribution in [-0.2, 0) is 0 Å². The number of rotatable bonds is 5. The molecule has 0 fully saturated rings. The van der Waals surface area contributed by atoms with Gasteiger partial charge in [-0.1, -0.05) is 0 Å². The maximum absolute atomic E-state index is 12.2. The molecule has 2 aromatic rings. The van der Waals surface area contributed by atoms with Crippen LogP contribution >= 0.6 is 11.3 Å². The maximum Gasteiger partial charge on any atom is 0.348 e. The number of carbonyl (C=O) groups excluding carboxylic acids is 1. The van der Waals surface area contributed by atoms with E-state index in [-0.39, 0.29) is 10.8 Å². The first kappa shape index (κ1) is 15.1. The Labute approximate surface area is 126 Å². The Morgan fingerprint density at radius 1 is 1.29 bits per heavy atom. The van der Waals surface area contributed by atoms with Crippen LogP contribution < -0.4 is 10.1 Å². The van der Waals surface area contributed by atoms with Crippen LogP contribution in [0.25, 0.3) is 0 Å². The fourth-order valence-electron chi connectivity index (χ4n) is 1.81. The first-order valence-electron chi connectivity index (χ1n) is 6.38. The minimum atomic E-state index is -1.05. The SMILES string of the molecule is CCOc1ccc(C(=O)Nc2c(C)csc2C(=O)O)cc1. The molecule has 1 aromatic carbocycles. The van der Waals surface area contributed by atoms with Crippen molar-refractivity contribution in [3.63, 3.8) is 0 Å². The van der Waals surface area contributed by atoms with E-state index >= 15 is 0 Å². The Kier molecular flexibility index (Phi) is 4.59. The lowest BCUT2D eigenvalue weighted by Crippen LogP contribution is -2.14. The van der Waals surface area contributed by atoms with Crippen LogP contribution in [0.1, 0.15) is 32.5 Å². The summed E-state index contributed by atoms with van der Waals surface area (Å²) in [6.07, 6.45) is 0. The number of benzene rings is 1. The van der Waals surface area contributed by atoms with Crippen LogP contribution in [0, 0.1) is 6.92 Å². The van der Waals surface area contributed by atoms with E-state index in [4.69, 9.17) is 9.84 Å². The van der Waals surface area contributed by atoms with Gasteiger partial charge in [0.1, 0.15) is 10.6 Å². The second-order valence-corrected chi connectivity index (χ2v) is 5.22. The van der Waals surface area contributed by atoms with Gasteiger partial charge >= 0.3 is 5.97 Å². The predicted molar refractivity (Wildman–Crippen MR) is 81.6 cm³/mol. The number of anilines is 1. The van der Waals surface area contributed by atoms with Gasteiger partial charge in [-0.05, 0) is 49.1 Å². The second kappa shape index (κ2) is 6.41. The molecule has 2 rings (SSSR count). The molecule has 0 saturated carbocycles. The van der Waals surface area contributed by atoms with E-state index < -0.39 is 5.97 Å². The smallest absolute Gasteiger partial charge is 0.348 e. The zero-order valence-corrected chi connectivity index (χ0v) is 12.5. The quantitative estimate of drug-likeness (QED) is 0.887. The Morgan fingerprint density at radius 3 is 2.52 bits per heavy atom. The van der Waals surface area contributed by atoms with Crippen molar-refractivity contribution in [3.8, 4) is 5.75 Å². The van der Waals surface area contributed by atoms with Crippen molar-refractivity contribution in [2.45, 2.75) is 13.8 Å². The molecule has 0 spiro atoms. The Hall–Kier alpha value is -2.34. The average Bonchev–Trinajstić information content (AvgIpc) is 2.81. The van der Waals surface area contributed by atoms with Gasteiger partial charge in [0, 0.05) is 5.56 Å². The molecule has 110 valence electrons. The van der Waals surface area contributed by atoms with E-state index in [1.807, 2.05) is 6.92 Å². The summed E-state index contributed by atoms with van der Waals surface area (Å²) in [6.45, 7) is 4.20. The molecule has 0 aliphatic rings. The predicted octanol–water partition coefficient (Wildman–Crippen LogP) is 3.41. The van der Waals surface area contributed by atoms with Gasteiger partial charge in [-0.15, -0.1) is 11.3 Å². The molecule has 0 radical (unpaired) electrons. The molecular formula is C15H15NO4S. The van der Waals surface area contributed by atoms with Crippen LogP contribution in [-0.4, -0.2) is 23.6 Å². The molecule has 1 heterocycles. The van der Waals surface area contributed by atoms with E-state index in [2.05, 4.69) is 5.32 Å². The van der Waals surface area contributed by atoms with Crippen LogP contribution in [0.4, 0.5) is 5.69 Å². The van der Waals surface area contributed by atoms with E-state index in [1.165, 1.54) is 0 Å². The van der Waals surface area contributed by atoms with Crippen LogP contribution in [0.2, 0.25) is 0 Å². The highest BCUT2D eigenvalue weighted by Crippen LogP contribution is 2.28. The van der Waals surface area contributed by atoms with Gasteiger partial charge in [-0.25, -0.2) is 4.79 Å². The summed E-state index contributed by atoms with van der Waals surface area (Å²) in [5.74, 6) is -0.705. The monoisotopic (exact) mass is 305 g/mol. The molecular weight excluding hydrogens is 290 g/mol. The fourth-order valence-corrected chi connectivity index (χ4v) is 2.66. The number of amides is 1. The Bertz CT molecular complexity index is 661. The third-order valence-electron chi connectivity index (χ3n) is 2.84. The number of hydrogen-bond donors (Lipinski definition) is 2. The number of ether oxygens (including phenoxy) is 1. The maximum atomic E-state index is 12.2. The summed E-state index contributed by atoms with van der Waals surface area (Å²) >= 11 is 1.10. The number of aromatic carboxylic acids is 1. The summed E-state index contributed by atoms with van der Waals surface area (Å²) < 4.78 is 5.31. The topological polar surface area (TPSA) is 75.6 Å². The molecule has 6 heteroatoms. The number of thiophene rings is 1. The largest absolute Gasteiger partial charge is 0.494 e. The summed E-state index contributed by atoms with van der Waals surface area (Å²) in [5, 5.41) is 13.5. The summed E-state index contributed by atoms with van der Waals surface area (Å²) in [6, 6.07) is 6.69. The third-order valence-corrected chi connectivity index (χ3v) is 3.92. The van der Waals surface area contributed by atoms with Gasteiger partial charge in [-0.2, -0.15) is 0 Å². The normalized spacial score (nSPS) is 10.2. The van der Waals surface area contributed by atoms with Crippen molar-refractivity contribution in [1.82, 2.24) is 0 Å².